The summed E-state index contributed by atoms with van der Waals surface area (Å²) in [7, 11) is 2.96. The molecule has 17 heavy (non-hydrogen) atoms. The highest BCUT2D eigenvalue weighted by Gasteiger charge is 2.18. The van der Waals surface area contributed by atoms with E-state index in [1.165, 1.54) is 7.11 Å². The maximum atomic E-state index is 11.1. The molecule has 0 saturated carbocycles. The van der Waals surface area contributed by atoms with Gasteiger partial charge in [-0.1, -0.05) is 0 Å². The van der Waals surface area contributed by atoms with Gasteiger partial charge in [0.15, 0.2) is 0 Å². The second-order valence-electron chi connectivity index (χ2n) is 3.79. The minimum absolute atomic E-state index is 0.247. The van der Waals surface area contributed by atoms with E-state index in [2.05, 4.69) is 4.74 Å². The smallest absolute Gasteiger partial charge is 0.305 e. The monoisotopic (exact) mass is 246 g/mol. The maximum Gasteiger partial charge on any atom is 0.305 e. The summed E-state index contributed by atoms with van der Waals surface area (Å²) in [6.07, 6.45) is 0.972. The summed E-state index contributed by atoms with van der Waals surface area (Å²) in [5, 5.41) is 0. The largest absolute Gasteiger partial charge is 0.469 e. The fourth-order valence-corrected chi connectivity index (χ4v) is 1.42. The van der Waals surface area contributed by atoms with E-state index in [-0.39, 0.29) is 17.9 Å². The number of carbonyl (C=O) groups excluding carboxylic acids is 2. The van der Waals surface area contributed by atoms with Crippen LogP contribution in [0.2, 0.25) is 0 Å². The molecule has 0 heterocycles. The van der Waals surface area contributed by atoms with Crippen molar-refractivity contribution in [2.75, 3.05) is 33.9 Å². The van der Waals surface area contributed by atoms with Crippen LogP contribution < -0.4 is 5.73 Å². The standard InChI is InChI=1S/C11H22N2O4/c1-9(11(12)15)13(7-8-16-2)6-4-5-10(14)17-3/h9H,4-8H2,1-3H3,(H2,12,15). The van der Waals surface area contributed by atoms with Gasteiger partial charge in [-0.3, -0.25) is 14.5 Å². The number of methoxy groups -OCH3 is 2. The maximum absolute atomic E-state index is 11.1. The molecule has 0 aliphatic heterocycles. The number of rotatable bonds is 9. The van der Waals surface area contributed by atoms with Crippen LogP contribution in [0.3, 0.4) is 0 Å². The lowest BCUT2D eigenvalue weighted by molar-refractivity contribution is -0.140. The van der Waals surface area contributed by atoms with Crippen LogP contribution >= 0.6 is 0 Å². The van der Waals surface area contributed by atoms with Crippen LogP contribution in [0.1, 0.15) is 19.8 Å². The zero-order valence-electron chi connectivity index (χ0n) is 10.8. The molecule has 6 nitrogen and oxygen atoms in total. The molecule has 1 unspecified atom stereocenters. The summed E-state index contributed by atoms with van der Waals surface area (Å²) in [5.74, 6) is -0.623. The zero-order chi connectivity index (χ0) is 13.3. The molecular formula is C11H22N2O4. The van der Waals surface area contributed by atoms with E-state index in [1.54, 1.807) is 14.0 Å². The average molecular weight is 246 g/mol. The van der Waals surface area contributed by atoms with Crippen molar-refractivity contribution >= 4 is 11.9 Å². The molecule has 0 fully saturated rings. The lowest BCUT2D eigenvalue weighted by Crippen LogP contribution is -2.44. The third-order valence-corrected chi connectivity index (χ3v) is 2.60. The Morgan fingerprint density at radius 2 is 1.94 bits per heavy atom. The van der Waals surface area contributed by atoms with Gasteiger partial charge in [0, 0.05) is 20.1 Å². The van der Waals surface area contributed by atoms with Gasteiger partial charge in [0.05, 0.1) is 19.8 Å². The van der Waals surface area contributed by atoms with E-state index < -0.39 is 0 Å². The molecule has 100 valence electrons. The van der Waals surface area contributed by atoms with Crippen molar-refractivity contribution < 1.29 is 19.1 Å². The first-order chi connectivity index (χ1) is 8.02. The number of hydrogen-bond acceptors (Lipinski definition) is 5. The summed E-state index contributed by atoms with van der Waals surface area (Å²) < 4.78 is 9.51. The quantitative estimate of drug-likeness (QED) is 0.568. The minimum Gasteiger partial charge on any atom is -0.469 e. The van der Waals surface area contributed by atoms with Gasteiger partial charge in [-0.25, -0.2) is 0 Å². The van der Waals surface area contributed by atoms with E-state index in [0.717, 1.165) is 0 Å². The predicted octanol–water partition coefficient (Wildman–Crippen LogP) is -0.238. The van der Waals surface area contributed by atoms with E-state index in [9.17, 15) is 9.59 Å². The van der Waals surface area contributed by atoms with Crippen LogP contribution in [0.15, 0.2) is 0 Å². The number of amides is 1. The van der Waals surface area contributed by atoms with Crippen LogP contribution in [0.4, 0.5) is 0 Å². The Morgan fingerprint density at radius 3 is 2.41 bits per heavy atom. The summed E-state index contributed by atoms with van der Waals surface area (Å²) >= 11 is 0. The molecule has 0 saturated heterocycles. The molecule has 0 spiro atoms. The van der Waals surface area contributed by atoms with Crippen LogP contribution in [-0.2, 0) is 19.1 Å². The Hall–Kier alpha value is -1.14. The number of esters is 1. The van der Waals surface area contributed by atoms with Gasteiger partial charge < -0.3 is 15.2 Å². The van der Waals surface area contributed by atoms with E-state index in [1.807, 2.05) is 4.90 Å². The van der Waals surface area contributed by atoms with Gasteiger partial charge in [0.25, 0.3) is 0 Å². The Bertz CT molecular complexity index is 246. The molecule has 0 aliphatic rings. The van der Waals surface area contributed by atoms with Crippen LogP contribution in [-0.4, -0.2) is 56.7 Å². The van der Waals surface area contributed by atoms with Crippen molar-refractivity contribution in [3.63, 3.8) is 0 Å². The second kappa shape index (κ2) is 8.95. The first-order valence-electron chi connectivity index (χ1n) is 5.62. The van der Waals surface area contributed by atoms with Crippen LogP contribution in [0.5, 0.6) is 0 Å². The van der Waals surface area contributed by atoms with Crippen molar-refractivity contribution in [2.24, 2.45) is 5.73 Å². The Morgan fingerprint density at radius 1 is 1.29 bits per heavy atom. The molecule has 6 heteroatoms. The minimum atomic E-state index is -0.376. The SMILES string of the molecule is COCCN(CCCC(=O)OC)C(C)C(N)=O. The molecule has 0 aliphatic carbocycles. The highest BCUT2D eigenvalue weighted by molar-refractivity contribution is 5.79. The van der Waals surface area contributed by atoms with Crippen molar-refractivity contribution in [2.45, 2.75) is 25.8 Å². The van der Waals surface area contributed by atoms with Gasteiger partial charge in [-0.05, 0) is 19.9 Å². The average Bonchev–Trinajstić information content (AvgIpc) is 2.32. The summed E-state index contributed by atoms with van der Waals surface area (Å²) in [6, 6.07) is -0.359. The molecular weight excluding hydrogens is 224 g/mol. The van der Waals surface area contributed by atoms with Crippen LogP contribution in [0, 0.1) is 0 Å². The number of primary amides is 1. The lowest BCUT2D eigenvalue weighted by atomic mass is 10.2. The number of carbonyl (C=O) groups is 2. The predicted molar refractivity (Wildman–Crippen MR) is 63.4 cm³/mol. The zero-order valence-corrected chi connectivity index (χ0v) is 10.8. The van der Waals surface area contributed by atoms with Crippen molar-refractivity contribution in [3.05, 3.63) is 0 Å². The number of nitrogens with two attached hydrogens (primary N) is 1. The molecule has 1 atom stereocenters. The van der Waals surface area contributed by atoms with Gasteiger partial charge in [0.2, 0.25) is 5.91 Å². The third-order valence-electron chi connectivity index (χ3n) is 2.60. The Kier molecular flexibility index (Phi) is 8.35. The molecule has 0 bridgehead atoms. The lowest BCUT2D eigenvalue weighted by Gasteiger charge is -2.26. The molecule has 2 N–H and O–H groups in total. The highest BCUT2D eigenvalue weighted by Crippen LogP contribution is 2.02. The molecule has 0 aromatic carbocycles. The Balaban J connectivity index is 4.09. The van der Waals surface area contributed by atoms with Crippen molar-refractivity contribution in [1.29, 1.82) is 0 Å². The first kappa shape index (κ1) is 15.9. The summed E-state index contributed by atoms with van der Waals surface area (Å²) in [4.78, 5) is 24.0. The number of hydrogen-bond donors (Lipinski definition) is 1. The second-order valence-corrected chi connectivity index (χ2v) is 3.79. The fourth-order valence-electron chi connectivity index (χ4n) is 1.42. The van der Waals surface area contributed by atoms with E-state index >= 15 is 0 Å². The van der Waals surface area contributed by atoms with Crippen LogP contribution in [0.25, 0.3) is 0 Å². The summed E-state index contributed by atoms with van der Waals surface area (Å²) in [6.45, 7) is 3.50. The van der Waals surface area contributed by atoms with Gasteiger partial charge in [-0.2, -0.15) is 0 Å². The van der Waals surface area contributed by atoms with Crippen molar-refractivity contribution in [3.8, 4) is 0 Å². The van der Waals surface area contributed by atoms with E-state index in [0.29, 0.717) is 32.5 Å². The summed E-state index contributed by atoms with van der Waals surface area (Å²) in [5.41, 5.74) is 5.25. The fraction of sp³-hybridized carbons (Fsp3) is 0.818. The van der Waals surface area contributed by atoms with E-state index in [4.69, 9.17) is 10.5 Å². The first-order valence-corrected chi connectivity index (χ1v) is 5.62. The molecule has 0 aromatic rings. The molecule has 0 aromatic heterocycles. The topological polar surface area (TPSA) is 81.9 Å². The van der Waals surface area contributed by atoms with Gasteiger partial charge in [-0.15, -0.1) is 0 Å². The highest BCUT2D eigenvalue weighted by atomic mass is 16.5. The third kappa shape index (κ3) is 6.91. The normalized spacial score (nSPS) is 12.5. The Labute approximate surface area is 102 Å². The van der Waals surface area contributed by atoms with Gasteiger partial charge in [0.1, 0.15) is 0 Å². The van der Waals surface area contributed by atoms with Crippen molar-refractivity contribution in [1.82, 2.24) is 4.90 Å². The van der Waals surface area contributed by atoms with Gasteiger partial charge >= 0.3 is 5.97 Å². The number of nitrogens with zero attached hydrogens (tertiary/aromatic N) is 1. The molecule has 1 amide bonds. The number of ether oxygens (including phenoxy) is 2. The molecule has 0 rings (SSSR count). The molecule has 0 radical (unpaired) electrons.